The highest BCUT2D eigenvalue weighted by molar-refractivity contribution is 7.99. The number of hydrogen-bond acceptors (Lipinski definition) is 2. The first kappa shape index (κ1) is 11.9. The van der Waals surface area contributed by atoms with Crippen molar-refractivity contribution >= 4 is 11.8 Å². The van der Waals surface area contributed by atoms with Gasteiger partial charge in [-0.2, -0.15) is 11.8 Å². The molecule has 2 unspecified atom stereocenters. The lowest BCUT2D eigenvalue weighted by molar-refractivity contribution is 0.523. The summed E-state index contributed by atoms with van der Waals surface area (Å²) in [5, 5.41) is 4.32. The van der Waals surface area contributed by atoms with E-state index in [-0.39, 0.29) is 5.82 Å². The zero-order valence-corrected chi connectivity index (χ0v) is 10.4. The fourth-order valence-electron chi connectivity index (χ4n) is 2.25. The number of nitrogens with one attached hydrogen (secondary N) is 1. The van der Waals surface area contributed by atoms with Crippen LogP contribution in [0.2, 0.25) is 0 Å². The Kier molecular flexibility index (Phi) is 4.24. The molecule has 2 atom stereocenters. The van der Waals surface area contributed by atoms with Crippen molar-refractivity contribution in [3.8, 4) is 0 Å². The second-order valence-corrected chi connectivity index (χ2v) is 5.52. The Morgan fingerprint density at radius 3 is 3.00 bits per heavy atom. The molecular weight excluding hydrogens is 221 g/mol. The zero-order chi connectivity index (χ0) is 11.4. The number of thioether (sulfide) groups is 1. The molecule has 0 heterocycles. The Hall–Kier alpha value is -0.540. The topological polar surface area (TPSA) is 12.0 Å². The molecule has 0 aromatic heterocycles. The molecule has 0 radical (unpaired) electrons. The normalized spacial score (nSPS) is 24.9. The highest BCUT2D eigenvalue weighted by atomic mass is 32.2. The third-order valence-corrected chi connectivity index (χ3v) is 4.30. The predicted molar refractivity (Wildman–Crippen MR) is 68.2 cm³/mol. The van der Waals surface area contributed by atoms with Gasteiger partial charge < -0.3 is 5.32 Å². The summed E-state index contributed by atoms with van der Waals surface area (Å²) in [6.07, 6.45) is 5.99. The summed E-state index contributed by atoms with van der Waals surface area (Å²) in [6, 6.07) is 7.44. The maximum atomic E-state index is 13.0. The molecule has 1 saturated carbocycles. The molecule has 1 aromatic carbocycles. The first-order chi connectivity index (χ1) is 7.78. The van der Waals surface area contributed by atoms with Gasteiger partial charge >= 0.3 is 0 Å². The third-order valence-electron chi connectivity index (χ3n) is 3.20. The van der Waals surface area contributed by atoms with E-state index in [1.54, 1.807) is 12.1 Å². The van der Waals surface area contributed by atoms with Gasteiger partial charge in [0.05, 0.1) is 0 Å². The molecule has 88 valence electrons. The number of benzene rings is 1. The zero-order valence-electron chi connectivity index (χ0n) is 9.58. The molecular formula is C13H18FNS. The minimum atomic E-state index is -0.146. The Labute approximate surface area is 101 Å². The molecule has 0 amide bonds. The van der Waals surface area contributed by atoms with E-state index in [0.717, 1.165) is 17.4 Å². The van der Waals surface area contributed by atoms with Crippen LogP contribution in [0.4, 0.5) is 4.39 Å². The summed E-state index contributed by atoms with van der Waals surface area (Å²) in [5.74, 6) is -0.146. The Morgan fingerprint density at radius 2 is 2.31 bits per heavy atom. The van der Waals surface area contributed by atoms with Crippen molar-refractivity contribution in [3.63, 3.8) is 0 Å². The van der Waals surface area contributed by atoms with Gasteiger partial charge in [-0.3, -0.25) is 0 Å². The van der Waals surface area contributed by atoms with E-state index in [4.69, 9.17) is 0 Å². The second-order valence-electron chi connectivity index (χ2n) is 4.38. The van der Waals surface area contributed by atoms with Gasteiger partial charge in [-0.05, 0) is 43.2 Å². The van der Waals surface area contributed by atoms with Crippen LogP contribution in [-0.2, 0) is 6.54 Å². The minimum absolute atomic E-state index is 0.146. The lowest BCUT2D eigenvalue weighted by Crippen LogP contribution is -2.26. The van der Waals surface area contributed by atoms with Crippen molar-refractivity contribution in [2.24, 2.45) is 0 Å². The average molecular weight is 239 g/mol. The van der Waals surface area contributed by atoms with E-state index in [9.17, 15) is 4.39 Å². The molecule has 0 spiro atoms. The fraction of sp³-hybridized carbons (Fsp3) is 0.538. The summed E-state index contributed by atoms with van der Waals surface area (Å²) in [7, 11) is 0. The number of rotatable bonds is 4. The summed E-state index contributed by atoms with van der Waals surface area (Å²) >= 11 is 1.96. The fourth-order valence-corrected chi connectivity index (χ4v) is 3.05. The van der Waals surface area contributed by atoms with Gasteiger partial charge in [0.2, 0.25) is 0 Å². The van der Waals surface area contributed by atoms with Crippen LogP contribution in [0, 0.1) is 5.82 Å². The molecule has 1 nitrogen and oxygen atoms in total. The van der Waals surface area contributed by atoms with Gasteiger partial charge in [0.15, 0.2) is 0 Å². The summed E-state index contributed by atoms with van der Waals surface area (Å²) < 4.78 is 13.0. The first-order valence-electron chi connectivity index (χ1n) is 5.78. The van der Waals surface area contributed by atoms with E-state index in [0.29, 0.717) is 6.04 Å². The van der Waals surface area contributed by atoms with Gasteiger partial charge in [-0.25, -0.2) is 4.39 Å². The van der Waals surface area contributed by atoms with Crippen LogP contribution < -0.4 is 5.32 Å². The molecule has 16 heavy (non-hydrogen) atoms. The van der Waals surface area contributed by atoms with Crippen LogP contribution in [0.3, 0.4) is 0 Å². The quantitative estimate of drug-likeness (QED) is 0.866. The van der Waals surface area contributed by atoms with E-state index in [1.165, 1.54) is 25.3 Å². The minimum Gasteiger partial charge on any atom is -0.310 e. The highest BCUT2D eigenvalue weighted by Gasteiger charge is 2.23. The van der Waals surface area contributed by atoms with Gasteiger partial charge in [-0.1, -0.05) is 12.1 Å². The van der Waals surface area contributed by atoms with E-state index in [1.807, 2.05) is 17.8 Å². The molecule has 1 fully saturated rings. The second kappa shape index (κ2) is 5.69. The van der Waals surface area contributed by atoms with Crippen molar-refractivity contribution in [2.75, 3.05) is 6.26 Å². The van der Waals surface area contributed by atoms with Crippen molar-refractivity contribution in [1.29, 1.82) is 0 Å². The van der Waals surface area contributed by atoms with E-state index in [2.05, 4.69) is 11.6 Å². The lowest BCUT2D eigenvalue weighted by Gasteiger charge is -2.12. The average Bonchev–Trinajstić information content (AvgIpc) is 2.74. The molecule has 3 heteroatoms. The molecule has 2 rings (SSSR count). The lowest BCUT2D eigenvalue weighted by atomic mass is 10.2. The van der Waals surface area contributed by atoms with E-state index < -0.39 is 0 Å². The third kappa shape index (κ3) is 3.22. The van der Waals surface area contributed by atoms with Crippen LogP contribution >= 0.6 is 11.8 Å². The van der Waals surface area contributed by atoms with Gasteiger partial charge in [-0.15, -0.1) is 0 Å². The van der Waals surface area contributed by atoms with E-state index >= 15 is 0 Å². The van der Waals surface area contributed by atoms with Crippen LogP contribution in [0.1, 0.15) is 24.8 Å². The standard InChI is InChI=1S/C13H18FNS/c1-16-13-6-5-12(8-13)15-9-10-3-2-4-11(14)7-10/h2-4,7,12-13,15H,5-6,8-9H2,1H3. The number of halogens is 1. The van der Waals surface area contributed by atoms with Crippen molar-refractivity contribution in [1.82, 2.24) is 5.32 Å². The van der Waals surface area contributed by atoms with Crippen LogP contribution in [-0.4, -0.2) is 17.5 Å². The molecule has 0 saturated heterocycles. The smallest absolute Gasteiger partial charge is 0.123 e. The maximum Gasteiger partial charge on any atom is 0.123 e. The summed E-state index contributed by atoms with van der Waals surface area (Å²) in [6.45, 7) is 0.781. The van der Waals surface area contributed by atoms with Gasteiger partial charge in [0, 0.05) is 17.8 Å². The van der Waals surface area contributed by atoms with Crippen molar-refractivity contribution in [2.45, 2.75) is 37.1 Å². The van der Waals surface area contributed by atoms with Gasteiger partial charge in [0.25, 0.3) is 0 Å². The number of hydrogen-bond donors (Lipinski definition) is 1. The first-order valence-corrected chi connectivity index (χ1v) is 7.07. The monoisotopic (exact) mass is 239 g/mol. The Balaban J connectivity index is 1.80. The molecule has 1 aliphatic rings. The summed E-state index contributed by atoms with van der Waals surface area (Å²) in [4.78, 5) is 0. The van der Waals surface area contributed by atoms with Crippen molar-refractivity contribution < 1.29 is 4.39 Å². The largest absolute Gasteiger partial charge is 0.310 e. The summed E-state index contributed by atoms with van der Waals surface area (Å²) in [5.41, 5.74) is 1.03. The maximum absolute atomic E-state index is 13.0. The van der Waals surface area contributed by atoms with Gasteiger partial charge in [0.1, 0.15) is 5.82 Å². The highest BCUT2D eigenvalue weighted by Crippen LogP contribution is 2.28. The Bertz CT molecular complexity index is 342. The molecule has 1 aliphatic carbocycles. The SMILES string of the molecule is CSC1CCC(NCc2cccc(F)c2)C1. The Morgan fingerprint density at radius 1 is 1.44 bits per heavy atom. The molecule has 1 N–H and O–H groups in total. The van der Waals surface area contributed by atoms with Crippen LogP contribution in [0.25, 0.3) is 0 Å². The molecule has 0 bridgehead atoms. The predicted octanol–water partition coefficient (Wildman–Crippen LogP) is 3.20. The van der Waals surface area contributed by atoms with Crippen LogP contribution in [0.15, 0.2) is 24.3 Å². The molecule has 0 aliphatic heterocycles. The molecule has 1 aromatic rings. The van der Waals surface area contributed by atoms with Crippen molar-refractivity contribution in [3.05, 3.63) is 35.6 Å². The van der Waals surface area contributed by atoms with Crippen LogP contribution in [0.5, 0.6) is 0 Å².